The van der Waals surface area contributed by atoms with Crippen molar-refractivity contribution in [1.82, 2.24) is 29.6 Å². The van der Waals surface area contributed by atoms with Crippen molar-refractivity contribution >= 4 is 27.8 Å². The van der Waals surface area contributed by atoms with Crippen molar-refractivity contribution in [1.29, 1.82) is 0 Å². The van der Waals surface area contributed by atoms with Crippen molar-refractivity contribution in [2.75, 3.05) is 7.11 Å². The first-order valence-electron chi connectivity index (χ1n) is 11.7. The van der Waals surface area contributed by atoms with E-state index in [2.05, 4.69) is 20.4 Å². The van der Waals surface area contributed by atoms with E-state index in [0.29, 0.717) is 35.7 Å². The van der Waals surface area contributed by atoms with E-state index in [-0.39, 0.29) is 24.6 Å². The third kappa shape index (κ3) is 4.45. The molecule has 0 fully saturated rings. The number of methoxy groups -OCH3 is 1. The summed E-state index contributed by atoms with van der Waals surface area (Å²) in [6, 6.07) is 13.3. The van der Waals surface area contributed by atoms with Crippen LogP contribution in [0.4, 0.5) is 0 Å². The number of nitrogens with one attached hydrogen (secondary N) is 1. The van der Waals surface area contributed by atoms with Crippen LogP contribution in [-0.4, -0.2) is 37.3 Å². The number of nitrogens with zero attached hydrogens (tertiary/aromatic N) is 5. The van der Waals surface area contributed by atoms with Gasteiger partial charge in [-0.1, -0.05) is 35.8 Å². The molecular weight excluding hydrogens is 460 g/mol. The summed E-state index contributed by atoms with van der Waals surface area (Å²) in [6.07, 6.45) is 2.11. The van der Waals surface area contributed by atoms with Gasteiger partial charge in [0, 0.05) is 18.4 Å². The third-order valence-corrected chi connectivity index (χ3v) is 6.04. The Kier molecular flexibility index (Phi) is 6.24. The third-order valence-electron chi connectivity index (χ3n) is 6.04. The molecule has 3 heterocycles. The summed E-state index contributed by atoms with van der Waals surface area (Å²) in [5.74, 6) is 1.39. The summed E-state index contributed by atoms with van der Waals surface area (Å²) < 4.78 is 13.7. The first-order chi connectivity index (χ1) is 17.5. The Labute approximate surface area is 206 Å². The number of carbonyl (C=O) groups is 1. The normalized spacial score (nSPS) is 11.3. The number of hydrogen-bond acceptors (Lipinski definition) is 7. The number of rotatable bonds is 8. The van der Waals surface area contributed by atoms with Crippen LogP contribution in [0.1, 0.15) is 29.8 Å². The zero-order valence-corrected chi connectivity index (χ0v) is 20.3. The van der Waals surface area contributed by atoms with Crippen LogP contribution < -0.4 is 15.6 Å². The summed E-state index contributed by atoms with van der Waals surface area (Å²) >= 11 is 0. The van der Waals surface area contributed by atoms with Crippen molar-refractivity contribution in [3.63, 3.8) is 0 Å². The van der Waals surface area contributed by atoms with E-state index in [1.165, 1.54) is 10.9 Å². The molecule has 0 spiro atoms. The predicted octanol–water partition coefficient (Wildman–Crippen LogP) is 2.98. The summed E-state index contributed by atoms with van der Waals surface area (Å²) in [4.78, 5) is 35.4. The Hall–Kier alpha value is -4.47. The fourth-order valence-corrected chi connectivity index (χ4v) is 4.22. The summed E-state index contributed by atoms with van der Waals surface area (Å²) in [5, 5.41) is 7.65. The molecule has 5 aromatic rings. The van der Waals surface area contributed by atoms with Crippen molar-refractivity contribution < 1.29 is 14.1 Å². The van der Waals surface area contributed by atoms with Crippen molar-refractivity contribution in [3.8, 4) is 5.75 Å². The second-order valence-corrected chi connectivity index (χ2v) is 8.57. The number of hydrogen-bond donors (Lipinski definition) is 1. The van der Waals surface area contributed by atoms with Gasteiger partial charge in [0.1, 0.15) is 29.9 Å². The molecule has 1 N–H and O–H groups in total. The van der Waals surface area contributed by atoms with Crippen molar-refractivity contribution in [2.45, 2.75) is 39.9 Å². The van der Waals surface area contributed by atoms with Crippen LogP contribution in [0.3, 0.4) is 0 Å². The maximum Gasteiger partial charge on any atom is 0.278 e. The molecule has 36 heavy (non-hydrogen) atoms. The molecule has 0 unspecified atom stereocenters. The minimum Gasteiger partial charge on any atom is -0.497 e. The van der Waals surface area contributed by atoms with E-state index >= 15 is 0 Å². The van der Waals surface area contributed by atoms with Crippen LogP contribution in [0, 0.1) is 6.92 Å². The maximum atomic E-state index is 13.6. The molecule has 0 saturated heterocycles. The van der Waals surface area contributed by atoms with Gasteiger partial charge in [-0.25, -0.2) is 4.98 Å². The maximum absolute atomic E-state index is 13.6. The molecule has 0 bridgehead atoms. The highest BCUT2D eigenvalue weighted by molar-refractivity contribution is 6.06. The highest BCUT2D eigenvalue weighted by atomic mass is 16.5. The Morgan fingerprint density at radius 2 is 2.06 bits per heavy atom. The number of ether oxygens (including phenoxy) is 1. The van der Waals surface area contributed by atoms with E-state index in [1.807, 2.05) is 56.3 Å². The fourth-order valence-electron chi connectivity index (χ4n) is 4.22. The van der Waals surface area contributed by atoms with Gasteiger partial charge in [0.2, 0.25) is 11.8 Å². The highest BCUT2D eigenvalue weighted by Crippen LogP contribution is 2.26. The molecule has 184 valence electrons. The predicted molar refractivity (Wildman–Crippen MR) is 134 cm³/mol. The van der Waals surface area contributed by atoms with Crippen LogP contribution in [0.5, 0.6) is 5.75 Å². The molecule has 0 aliphatic rings. The first-order valence-corrected chi connectivity index (χ1v) is 11.7. The number of carbonyl (C=O) groups excluding carboxylic acids is 1. The van der Waals surface area contributed by atoms with E-state index in [9.17, 15) is 9.59 Å². The van der Waals surface area contributed by atoms with Gasteiger partial charge in [0.25, 0.3) is 5.56 Å². The largest absolute Gasteiger partial charge is 0.497 e. The van der Waals surface area contributed by atoms with Gasteiger partial charge in [-0.2, -0.15) is 4.98 Å². The Morgan fingerprint density at radius 3 is 2.83 bits per heavy atom. The first kappa shape index (κ1) is 23.3. The van der Waals surface area contributed by atoms with Gasteiger partial charge in [0.05, 0.1) is 19.0 Å². The Balaban J connectivity index is 1.50. The average molecular weight is 487 g/mol. The molecule has 0 radical (unpaired) electrons. The zero-order chi connectivity index (χ0) is 25.2. The zero-order valence-electron chi connectivity index (χ0n) is 20.3. The summed E-state index contributed by atoms with van der Waals surface area (Å²) in [6.45, 7) is 4.30. The van der Waals surface area contributed by atoms with Crippen LogP contribution in [-0.2, 0) is 30.8 Å². The molecule has 0 aliphatic carbocycles. The van der Waals surface area contributed by atoms with Gasteiger partial charge < -0.3 is 19.1 Å². The number of amides is 1. The number of benzene rings is 2. The topological polar surface area (TPSA) is 117 Å². The lowest BCUT2D eigenvalue weighted by molar-refractivity contribution is -0.121. The second-order valence-electron chi connectivity index (χ2n) is 8.57. The monoisotopic (exact) mass is 486 g/mol. The minimum absolute atomic E-state index is 0.0332. The quantitative estimate of drug-likeness (QED) is 0.358. The van der Waals surface area contributed by atoms with Crippen LogP contribution in [0.15, 0.2) is 58.1 Å². The second kappa shape index (κ2) is 9.65. The summed E-state index contributed by atoms with van der Waals surface area (Å²) in [7, 11) is 1.60. The van der Waals surface area contributed by atoms with Crippen LogP contribution >= 0.6 is 0 Å². The molecule has 10 heteroatoms. The van der Waals surface area contributed by atoms with Gasteiger partial charge >= 0.3 is 0 Å². The molecule has 1 amide bonds. The van der Waals surface area contributed by atoms with E-state index in [1.54, 1.807) is 11.7 Å². The molecule has 0 atom stereocenters. The molecule has 3 aromatic heterocycles. The number of fused-ring (bicyclic) bond motifs is 3. The molecule has 0 aliphatic heterocycles. The van der Waals surface area contributed by atoms with Crippen molar-refractivity contribution in [3.05, 3.63) is 82.0 Å². The Bertz CT molecular complexity index is 1630. The molecular formula is C26H26N6O4. The number of aryl methyl sites for hydroxylation is 2. The fraction of sp³-hybridized carbons (Fsp3) is 0.269. The SMILES string of the molecule is CCc1noc(Cn2cnc3c4cc(C)ccc4n(CC(=O)NCc4cccc(OC)c4)c3c2=O)n1. The molecule has 5 rings (SSSR count). The highest BCUT2D eigenvalue weighted by Gasteiger charge is 2.19. The van der Waals surface area contributed by atoms with E-state index in [4.69, 9.17) is 9.26 Å². The lowest BCUT2D eigenvalue weighted by atomic mass is 10.1. The molecule has 0 saturated carbocycles. The molecule has 10 nitrogen and oxygen atoms in total. The van der Waals surface area contributed by atoms with Gasteiger partial charge in [0.15, 0.2) is 5.82 Å². The molecule has 2 aromatic carbocycles. The van der Waals surface area contributed by atoms with E-state index < -0.39 is 0 Å². The lowest BCUT2D eigenvalue weighted by Crippen LogP contribution is -2.29. The average Bonchev–Trinajstić information content (AvgIpc) is 3.47. The van der Waals surface area contributed by atoms with Gasteiger partial charge in [-0.3, -0.25) is 14.2 Å². The summed E-state index contributed by atoms with van der Waals surface area (Å²) in [5.41, 5.74) is 3.33. The van der Waals surface area contributed by atoms with E-state index in [0.717, 1.165) is 27.8 Å². The van der Waals surface area contributed by atoms with Crippen LogP contribution in [0.2, 0.25) is 0 Å². The van der Waals surface area contributed by atoms with Crippen molar-refractivity contribution in [2.24, 2.45) is 0 Å². The smallest absolute Gasteiger partial charge is 0.278 e. The standard InChI is InChI=1S/C26H26N6O4/c1-4-21-29-23(36-30-21)14-31-15-28-24-19-10-16(2)8-9-20(19)32(25(24)26(31)34)13-22(33)27-12-17-6-5-7-18(11-17)35-3/h5-11,15H,4,12-14H2,1-3H3,(H,27,33). The van der Waals surface area contributed by atoms with Gasteiger partial charge in [-0.05, 0) is 36.8 Å². The van der Waals surface area contributed by atoms with Gasteiger partial charge in [-0.15, -0.1) is 0 Å². The number of aromatic nitrogens is 5. The van der Waals surface area contributed by atoms with Crippen LogP contribution in [0.25, 0.3) is 21.9 Å². The Morgan fingerprint density at radius 1 is 1.19 bits per heavy atom. The minimum atomic E-state index is -0.286. The lowest BCUT2D eigenvalue weighted by Gasteiger charge is -2.10.